The Hall–Kier alpha value is -3.07. The van der Waals surface area contributed by atoms with Crippen LogP contribution in [0.2, 0.25) is 0 Å². The van der Waals surface area contributed by atoms with E-state index in [0.29, 0.717) is 30.0 Å². The molecule has 1 heterocycles. The summed E-state index contributed by atoms with van der Waals surface area (Å²) >= 11 is 0. The molecule has 1 atom stereocenters. The third kappa shape index (κ3) is 5.59. The molecular formula is C23H28N2O6S. The molecule has 0 radical (unpaired) electrons. The van der Waals surface area contributed by atoms with E-state index in [9.17, 15) is 18.0 Å². The smallest absolute Gasteiger partial charge is 0.255 e. The lowest BCUT2D eigenvalue weighted by Gasteiger charge is -2.27. The van der Waals surface area contributed by atoms with Gasteiger partial charge in [0, 0.05) is 24.9 Å². The molecule has 2 aromatic rings. The van der Waals surface area contributed by atoms with Crippen molar-refractivity contribution in [2.75, 3.05) is 32.8 Å². The van der Waals surface area contributed by atoms with Crippen molar-refractivity contribution in [2.45, 2.75) is 25.4 Å². The van der Waals surface area contributed by atoms with Crippen LogP contribution in [0.4, 0.5) is 0 Å². The number of fused-ring (bicyclic) bond motifs is 1. The Kier molecular flexibility index (Phi) is 7.40. The van der Waals surface area contributed by atoms with Crippen LogP contribution < -0.4 is 14.8 Å². The highest BCUT2D eigenvalue weighted by atomic mass is 32.2. The van der Waals surface area contributed by atoms with Crippen LogP contribution in [0.1, 0.15) is 27.9 Å². The van der Waals surface area contributed by atoms with E-state index in [2.05, 4.69) is 5.32 Å². The monoisotopic (exact) mass is 460 g/mol. The van der Waals surface area contributed by atoms with Crippen molar-refractivity contribution in [1.82, 2.24) is 10.2 Å². The molecule has 8 nitrogen and oxygen atoms in total. The van der Waals surface area contributed by atoms with Gasteiger partial charge >= 0.3 is 0 Å². The predicted molar refractivity (Wildman–Crippen MR) is 121 cm³/mol. The number of methoxy groups -OCH3 is 2. The number of nitrogens with zero attached hydrogens (tertiary/aromatic N) is 1. The van der Waals surface area contributed by atoms with Gasteiger partial charge in [-0.2, -0.15) is 0 Å². The number of nitrogens with one attached hydrogen (secondary N) is 1. The number of benzene rings is 2. The fourth-order valence-corrected chi connectivity index (χ4v) is 4.42. The number of hydrogen-bond donors (Lipinski definition) is 1. The maximum absolute atomic E-state index is 13.0. The maximum Gasteiger partial charge on any atom is 0.255 e. The molecule has 0 aromatic heterocycles. The number of rotatable bonds is 10. The zero-order chi connectivity index (χ0) is 23.3. The van der Waals surface area contributed by atoms with Gasteiger partial charge < -0.3 is 19.7 Å². The second-order valence-corrected chi connectivity index (χ2v) is 10.0. The van der Waals surface area contributed by atoms with E-state index in [1.165, 1.54) is 4.90 Å². The molecule has 1 aliphatic rings. The van der Waals surface area contributed by atoms with Crippen molar-refractivity contribution in [2.24, 2.45) is 0 Å². The van der Waals surface area contributed by atoms with E-state index < -0.39 is 15.9 Å². The quantitative estimate of drug-likeness (QED) is 0.580. The third-order valence-electron chi connectivity index (χ3n) is 5.45. The van der Waals surface area contributed by atoms with E-state index in [4.69, 9.17) is 9.47 Å². The van der Waals surface area contributed by atoms with Gasteiger partial charge in [-0.25, -0.2) is 8.42 Å². The number of hydrogen-bond acceptors (Lipinski definition) is 6. The van der Waals surface area contributed by atoms with Gasteiger partial charge in [-0.05, 0) is 42.2 Å². The van der Waals surface area contributed by atoms with Crippen molar-refractivity contribution < 1.29 is 27.5 Å². The highest BCUT2D eigenvalue weighted by Crippen LogP contribution is 2.28. The molecule has 0 fully saturated rings. The summed E-state index contributed by atoms with van der Waals surface area (Å²) in [5.74, 6) is 0.418. The summed E-state index contributed by atoms with van der Waals surface area (Å²) in [7, 11) is -0.170. The van der Waals surface area contributed by atoms with E-state index in [1.54, 1.807) is 32.4 Å². The summed E-state index contributed by atoms with van der Waals surface area (Å²) < 4.78 is 34.0. The summed E-state index contributed by atoms with van der Waals surface area (Å²) in [5, 5.41) is 2.86. The number of carbonyl (C=O) groups is 2. The first-order valence-corrected chi connectivity index (χ1v) is 12.3. The van der Waals surface area contributed by atoms with Gasteiger partial charge in [-0.1, -0.05) is 24.3 Å². The minimum absolute atomic E-state index is 0.0424. The van der Waals surface area contributed by atoms with Crippen LogP contribution >= 0.6 is 0 Å². The van der Waals surface area contributed by atoms with E-state index in [-0.39, 0.29) is 30.5 Å². The van der Waals surface area contributed by atoms with E-state index in [1.807, 2.05) is 24.3 Å². The SMILES string of the molecule is COc1ccc(CCNC(=O)[C@H](CCS(C)(=O)=O)N2Cc3ccccc3C2=O)cc1OC. The molecule has 172 valence electrons. The first-order valence-electron chi connectivity index (χ1n) is 10.3. The highest BCUT2D eigenvalue weighted by molar-refractivity contribution is 7.90. The molecule has 0 unspecified atom stereocenters. The van der Waals surface area contributed by atoms with Gasteiger partial charge in [-0.3, -0.25) is 9.59 Å². The largest absolute Gasteiger partial charge is 0.493 e. The molecule has 0 spiro atoms. The number of carbonyl (C=O) groups excluding carboxylic acids is 2. The van der Waals surface area contributed by atoms with Gasteiger partial charge in [0.2, 0.25) is 5.91 Å². The number of ether oxygens (including phenoxy) is 2. The van der Waals surface area contributed by atoms with E-state index in [0.717, 1.165) is 17.4 Å². The molecular weight excluding hydrogens is 432 g/mol. The lowest BCUT2D eigenvalue weighted by Crippen LogP contribution is -2.48. The summed E-state index contributed by atoms with van der Waals surface area (Å²) in [4.78, 5) is 27.3. The Labute approximate surface area is 188 Å². The van der Waals surface area contributed by atoms with Gasteiger partial charge in [-0.15, -0.1) is 0 Å². The highest BCUT2D eigenvalue weighted by Gasteiger charge is 2.36. The molecule has 0 saturated heterocycles. The van der Waals surface area contributed by atoms with Gasteiger partial charge in [0.15, 0.2) is 11.5 Å². The van der Waals surface area contributed by atoms with Crippen molar-refractivity contribution in [3.8, 4) is 11.5 Å². The van der Waals surface area contributed by atoms with Gasteiger partial charge in [0.1, 0.15) is 15.9 Å². The first-order chi connectivity index (χ1) is 15.2. The third-order valence-corrected chi connectivity index (χ3v) is 6.43. The van der Waals surface area contributed by atoms with Crippen LogP contribution in [-0.4, -0.2) is 63.9 Å². The molecule has 1 aliphatic heterocycles. The van der Waals surface area contributed by atoms with Crippen LogP contribution in [0, 0.1) is 0 Å². The fraction of sp³-hybridized carbons (Fsp3) is 0.391. The standard InChI is InChI=1S/C23H28N2O6S/c1-30-20-9-8-16(14-21(20)31-2)10-12-24-22(26)19(11-13-32(3,28)29)25-15-17-6-4-5-7-18(17)23(25)27/h4-9,14,19H,10-13,15H2,1-3H3,(H,24,26)/t19-/m0/s1. The van der Waals surface area contributed by atoms with Gasteiger partial charge in [0.25, 0.3) is 5.91 Å². The average Bonchev–Trinajstić information content (AvgIpc) is 3.09. The molecule has 1 N–H and O–H groups in total. The molecule has 32 heavy (non-hydrogen) atoms. The fourth-order valence-electron chi connectivity index (χ4n) is 3.77. The molecule has 0 bridgehead atoms. The van der Waals surface area contributed by atoms with Crippen LogP contribution in [0.25, 0.3) is 0 Å². The lowest BCUT2D eigenvalue weighted by atomic mass is 10.1. The normalized spacial score (nSPS) is 14.1. The lowest BCUT2D eigenvalue weighted by molar-refractivity contribution is -0.125. The number of sulfone groups is 1. The Bertz CT molecular complexity index is 1100. The Morgan fingerprint density at radius 1 is 1.12 bits per heavy atom. The van der Waals surface area contributed by atoms with Crippen LogP contribution in [0.3, 0.4) is 0 Å². The summed E-state index contributed by atoms with van der Waals surface area (Å²) in [6.45, 7) is 0.616. The Morgan fingerprint density at radius 2 is 1.84 bits per heavy atom. The van der Waals surface area contributed by atoms with Gasteiger partial charge in [0.05, 0.1) is 20.0 Å². The van der Waals surface area contributed by atoms with Crippen LogP contribution in [0.5, 0.6) is 11.5 Å². The molecule has 3 rings (SSSR count). The molecule has 2 amide bonds. The second-order valence-electron chi connectivity index (χ2n) is 7.75. The average molecular weight is 461 g/mol. The summed E-state index contributed by atoms with van der Waals surface area (Å²) in [6, 6.07) is 11.8. The minimum atomic E-state index is -3.29. The van der Waals surface area contributed by atoms with Crippen molar-refractivity contribution in [3.63, 3.8) is 0 Å². The zero-order valence-electron chi connectivity index (χ0n) is 18.5. The maximum atomic E-state index is 13.0. The summed E-state index contributed by atoms with van der Waals surface area (Å²) in [6.07, 6.45) is 1.71. The topological polar surface area (TPSA) is 102 Å². The summed E-state index contributed by atoms with van der Waals surface area (Å²) in [5.41, 5.74) is 2.33. The minimum Gasteiger partial charge on any atom is -0.493 e. The first kappa shape index (κ1) is 23.6. The van der Waals surface area contributed by atoms with Crippen molar-refractivity contribution in [3.05, 3.63) is 59.2 Å². The molecule has 9 heteroatoms. The van der Waals surface area contributed by atoms with Crippen LogP contribution in [0.15, 0.2) is 42.5 Å². The predicted octanol–water partition coefficient (Wildman–Crippen LogP) is 1.82. The Balaban J connectivity index is 1.69. The number of amides is 2. The molecule has 0 aliphatic carbocycles. The zero-order valence-corrected chi connectivity index (χ0v) is 19.3. The second kappa shape index (κ2) is 10.0. The van der Waals surface area contributed by atoms with E-state index >= 15 is 0 Å². The Morgan fingerprint density at radius 3 is 2.50 bits per heavy atom. The van der Waals surface area contributed by atoms with Crippen molar-refractivity contribution in [1.29, 1.82) is 0 Å². The van der Waals surface area contributed by atoms with Crippen LogP contribution in [-0.2, 0) is 27.6 Å². The molecule has 2 aromatic carbocycles. The van der Waals surface area contributed by atoms with Crippen molar-refractivity contribution >= 4 is 21.7 Å². The molecule has 0 saturated carbocycles.